The van der Waals surface area contributed by atoms with Gasteiger partial charge in [0.2, 0.25) is 0 Å². The first kappa shape index (κ1) is 15.8. The summed E-state index contributed by atoms with van der Waals surface area (Å²) in [6.45, 7) is 7.39. The molecule has 0 bridgehead atoms. The van der Waals surface area contributed by atoms with E-state index in [9.17, 15) is 0 Å². The van der Waals surface area contributed by atoms with Gasteiger partial charge in [-0.3, -0.25) is 4.90 Å². The van der Waals surface area contributed by atoms with Gasteiger partial charge in [-0.25, -0.2) is 0 Å². The Balaban J connectivity index is 0.00000162. The number of halogens is 2. The molecule has 2 rings (SSSR count). The number of hydrogen-bond acceptors (Lipinski definition) is 2. The first-order chi connectivity index (χ1) is 8.11. The number of hydrogen-bond donors (Lipinski definition) is 1. The largest absolute Gasteiger partial charge is 0.326 e. The van der Waals surface area contributed by atoms with Crippen LogP contribution in [0.25, 0.3) is 0 Å². The second-order valence-electron chi connectivity index (χ2n) is 5.07. The van der Waals surface area contributed by atoms with Gasteiger partial charge in [0.1, 0.15) is 0 Å². The maximum absolute atomic E-state index is 6.30. The summed E-state index contributed by atoms with van der Waals surface area (Å²) in [4.78, 5) is 2.41. The fourth-order valence-electron chi connectivity index (χ4n) is 2.56. The highest BCUT2D eigenvalue weighted by atomic mass is 35.5. The van der Waals surface area contributed by atoms with Gasteiger partial charge in [-0.15, -0.1) is 12.4 Å². The summed E-state index contributed by atoms with van der Waals surface area (Å²) in [7, 11) is 0. The molecule has 0 amide bonds. The highest BCUT2D eigenvalue weighted by molar-refractivity contribution is 6.31. The van der Waals surface area contributed by atoms with E-state index in [1.165, 1.54) is 11.1 Å². The second kappa shape index (κ2) is 6.76. The van der Waals surface area contributed by atoms with Crippen molar-refractivity contribution in [2.24, 2.45) is 11.7 Å². The topological polar surface area (TPSA) is 29.3 Å². The standard InChI is InChI=1S/C14H21ClN2.ClH/c1-3-11-5-4-6-13(15)12(11)8-17-7-10(2)14(16)9-17;/h4-6,10,14H,3,7-9,16H2,1-2H3;1H. The minimum absolute atomic E-state index is 0. The van der Waals surface area contributed by atoms with Gasteiger partial charge in [0.05, 0.1) is 0 Å². The fourth-order valence-corrected chi connectivity index (χ4v) is 2.81. The van der Waals surface area contributed by atoms with Crippen LogP contribution in [0.1, 0.15) is 25.0 Å². The van der Waals surface area contributed by atoms with E-state index in [2.05, 4.69) is 24.8 Å². The molecule has 2 unspecified atom stereocenters. The summed E-state index contributed by atoms with van der Waals surface area (Å²) in [5.74, 6) is 0.586. The molecule has 1 aliphatic rings. The lowest BCUT2D eigenvalue weighted by Gasteiger charge is -2.18. The molecule has 0 saturated carbocycles. The Bertz CT molecular complexity index is 385. The van der Waals surface area contributed by atoms with Crippen molar-refractivity contribution in [2.75, 3.05) is 13.1 Å². The van der Waals surface area contributed by atoms with Crippen molar-refractivity contribution in [3.63, 3.8) is 0 Å². The Labute approximate surface area is 121 Å². The Morgan fingerprint density at radius 3 is 2.67 bits per heavy atom. The van der Waals surface area contributed by atoms with Crippen LogP contribution < -0.4 is 5.73 Å². The van der Waals surface area contributed by atoms with Gasteiger partial charge in [0, 0.05) is 30.7 Å². The Hall–Kier alpha value is -0.280. The molecule has 1 saturated heterocycles. The van der Waals surface area contributed by atoms with E-state index in [-0.39, 0.29) is 12.4 Å². The summed E-state index contributed by atoms with van der Waals surface area (Å²) in [6, 6.07) is 6.49. The van der Waals surface area contributed by atoms with Crippen LogP contribution in [-0.2, 0) is 13.0 Å². The molecule has 1 aromatic carbocycles. The summed E-state index contributed by atoms with van der Waals surface area (Å²) in [6.07, 6.45) is 1.03. The fraction of sp³-hybridized carbons (Fsp3) is 0.571. The molecular weight excluding hydrogens is 267 g/mol. The van der Waals surface area contributed by atoms with E-state index in [1.807, 2.05) is 12.1 Å². The highest BCUT2D eigenvalue weighted by Gasteiger charge is 2.27. The lowest BCUT2D eigenvalue weighted by molar-refractivity contribution is 0.318. The van der Waals surface area contributed by atoms with Gasteiger partial charge in [-0.2, -0.15) is 0 Å². The summed E-state index contributed by atoms with van der Waals surface area (Å²) < 4.78 is 0. The van der Waals surface area contributed by atoms with Crippen molar-refractivity contribution in [3.8, 4) is 0 Å². The van der Waals surface area contributed by atoms with Crippen molar-refractivity contribution in [3.05, 3.63) is 34.3 Å². The van der Waals surface area contributed by atoms with Crippen molar-refractivity contribution in [2.45, 2.75) is 32.9 Å². The molecule has 102 valence electrons. The Morgan fingerprint density at radius 2 is 2.11 bits per heavy atom. The second-order valence-corrected chi connectivity index (χ2v) is 5.47. The quantitative estimate of drug-likeness (QED) is 0.926. The summed E-state index contributed by atoms with van der Waals surface area (Å²) in [5.41, 5.74) is 8.68. The number of nitrogens with zero attached hydrogens (tertiary/aromatic N) is 1. The van der Waals surface area contributed by atoms with Crippen LogP contribution in [0.3, 0.4) is 0 Å². The molecule has 2 N–H and O–H groups in total. The average Bonchev–Trinajstić information content (AvgIpc) is 2.61. The van der Waals surface area contributed by atoms with Gasteiger partial charge < -0.3 is 5.73 Å². The maximum Gasteiger partial charge on any atom is 0.0453 e. The van der Waals surface area contributed by atoms with Gasteiger partial charge in [0.15, 0.2) is 0 Å². The van der Waals surface area contributed by atoms with Crippen molar-refractivity contribution in [1.29, 1.82) is 0 Å². The number of nitrogens with two attached hydrogens (primary N) is 1. The molecule has 2 nitrogen and oxygen atoms in total. The van der Waals surface area contributed by atoms with Gasteiger partial charge in [-0.1, -0.05) is 37.6 Å². The number of rotatable bonds is 3. The molecule has 1 aliphatic heterocycles. The van der Waals surface area contributed by atoms with Gasteiger partial charge in [0.25, 0.3) is 0 Å². The first-order valence-electron chi connectivity index (χ1n) is 6.36. The van der Waals surface area contributed by atoms with Gasteiger partial charge in [-0.05, 0) is 29.5 Å². The first-order valence-corrected chi connectivity index (χ1v) is 6.73. The minimum Gasteiger partial charge on any atom is -0.326 e. The molecule has 1 fully saturated rings. The third-order valence-corrected chi connectivity index (χ3v) is 4.08. The van der Waals surface area contributed by atoms with E-state index in [0.29, 0.717) is 12.0 Å². The van der Waals surface area contributed by atoms with Crippen molar-refractivity contribution in [1.82, 2.24) is 4.90 Å². The smallest absolute Gasteiger partial charge is 0.0453 e. The van der Waals surface area contributed by atoms with Crippen LogP contribution in [0, 0.1) is 5.92 Å². The van der Waals surface area contributed by atoms with E-state index in [1.54, 1.807) is 0 Å². The van der Waals surface area contributed by atoms with Crippen molar-refractivity contribution >= 4 is 24.0 Å². The van der Waals surface area contributed by atoms with Crippen LogP contribution in [0.15, 0.2) is 18.2 Å². The molecule has 0 aliphatic carbocycles. The van der Waals surface area contributed by atoms with Crippen molar-refractivity contribution < 1.29 is 0 Å². The molecule has 4 heteroatoms. The predicted octanol–water partition coefficient (Wildman–Crippen LogP) is 3.10. The van der Waals surface area contributed by atoms with E-state index < -0.39 is 0 Å². The molecule has 1 heterocycles. The molecule has 0 spiro atoms. The van der Waals surface area contributed by atoms with Crippen LogP contribution in [-0.4, -0.2) is 24.0 Å². The SMILES string of the molecule is CCc1cccc(Cl)c1CN1CC(C)C(N)C1.Cl. The zero-order valence-electron chi connectivity index (χ0n) is 11.0. The highest BCUT2D eigenvalue weighted by Crippen LogP contribution is 2.25. The minimum atomic E-state index is 0. The zero-order valence-corrected chi connectivity index (χ0v) is 12.6. The maximum atomic E-state index is 6.30. The molecular formula is C14H22Cl2N2. The monoisotopic (exact) mass is 288 g/mol. The van der Waals surface area contributed by atoms with Crippen LogP contribution in [0.4, 0.5) is 0 Å². The summed E-state index contributed by atoms with van der Waals surface area (Å²) >= 11 is 6.30. The third-order valence-electron chi connectivity index (χ3n) is 3.72. The third kappa shape index (κ3) is 3.39. The average molecular weight is 289 g/mol. The molecule has 18 heavy (non-hydrogen) atoms. The molecule has 0 aromatic heterocycles. The van der Waals surface area contributed by atoms with E-state index in [0.717, 1.165) is 31.1 Å². The molecule has 1 aromatic rings. The summed E-state index contributed by atoms with van der Waals surface area (Å²) in [5, 5.41) is 0.887. The lowest BCUT2D eigenvalue weighted by atomic mass is 10.0. The number of aryl methyl sites for hydroxylation is 1. The van der Waals surface area contributed by atoms with Crippen LogP contribution in [0.2, 0.25) is 5.02 Å². The van der Waals surface area contributed by atoms with E-state index in [4.69, 9.17) is 17.3 Å². The van der Waals surface area contributed by atoms with Crippen LogP contribution >= 0.6 is 24.0 Å². The number of benzene rings is 1. The van der Waals surface area contributed by atoms with Gasteiger partial charge >= 0.3 is 0 Å². The normalized spacial score (nSPS) is 24.0. The zero-order chi connectivity index (χ0) is 12.4. The lowest BCUT2D eigenvalue weighted by Crippen LogP contribution is -2.28. The number of likely N-dealkylation sites (tertiary alicyclic amines) is 1. The molecule has 2 atom stereocenters. The Kier molecular flexibility index (Phi) is 5.93. The Morgan fingerprint density at radius 1 is 1.39 bits per heavy atom. The molecule has 0 radical (unpaired) electrons. The van der Waals surface area contributed by atoms with E-state index >= 15 is 0 Å². The predicted molar refractivity (Wildman–Crippen MR) is 80.5 cm³/mol. The van der Waals surface area contributed by atoms with Crippen LogP contribution in [0.5, 0.6) is 0 Å².